The predicted molar refractivity (Wildman–Crippen MR) is 72.1 cm³/mol. The summed E-state index contributed by atoms with van der Waals surface area (Å²) in [7, 11) is -3.07. The van der Waals surface area contributed by atoms with E-state index in [0.717, 1.165) is 0 Å². The third kappa shape index (κ3) is 6.24. The van der Waals surface area contributed by atoms with Crippen molar-refractivity contribution in [1.82, 2.24) is 4.90 Å². The van der Waals surface area contributed by atoms with Gasteiger partial charge in [0.25, 0.3) is 0 Å². The van der Waals surface area contributed by atoms with E-state index in [-0.39, 0.29) is 35.9 Å². The number of nitrogens with zero attached hydrogens (tertiary/aromatic N) is 1. The monoisotopic (exact) mass is 286 g/mol. The Morgan fingerprint density at radius 1 is 1.29 bits per heavy atom. The Morgan fingerprint density at radius 2 is 1.76 bits per heavy atom. The quantitative estimate of drug-likeness (QED) is 0.768. The highest BCUT2D eigenvalue weighted by Crippen LogP contribution is 2.05. The van der Waals surface area contributed by atoms with Gasteiger partial charge in [-0.25, -0.2) is 8.42 Å². The zero-order valence-corrected chi connectivity index (χ0v) is 12.5. The lowest BCUT2D eigenvalue weighted by Gasteiger charge is -2.29. The van der Waals surface area contributed by atoms with E-state index in [0.29, 0.717) is 6.54 Å². The SMILES string of the molecule is CCN(C(=O)[C@H](C)N)C(C)CS(=O)(=O)CC.Cl. The molecule has 0 aromatic heterocycles. The number of hydrogen-bond donors (Lipinski definition) is 1. The molecule has 0 spiro atoms. The fourth-order valence-corrected chi connectivity index (χ4v) is 2.67. The normalized spacial score (nSPS) is 14.6. The zero-order valence-electron chi connectivity index (χ0n) is 10.8. The Labute approximate surface area is 110 Å². The maximum atomic E-state index is 11.7. The number of rotatable bonds is 6. The van der Waals surface area contributed by atoms with E-state index in [4.69, 9.17) is 5.73 Å². The Hall–Kier alpha value is -0.330. The summed E-state index contributed by atoms with van der Waals surface area (Å²) in [4.78, 5) is 13.2. The fraction of sp³-hybridized carbons (Fsp3) is 0.900. The summed E-state index contributed by atoms with van der Waals surface area (Å²) in [5.41, 5.74) is 5.51. The van der Waals surface area contributed by atoms with Crippen LogP contribution in [0.4, 0.5) is 0 Å². The molecule has 0 saturated heterocycles. The molecule has 0 aromatic carbocycles. The van der Waals surface area contributed by atoms with Crippen LogP contribution in [0.2, 0.25) is 0 Å². The van der Waals surface area contributed by atoms with Gasteiger partial charge in [0.2, 0.25) is 5.91 Å². The number of amides is 1. The molecule has 1 unspecified atom stereocenters. The first-order valence-electron chi connectivity index (χ1n) is 5.51. The van der Waals surface area contributed by atoms with Crippen LogP contribution in [0.25, 0.3) is 0 Å². The van der Waals surface area contributed by atoms with Crippen LogP contribution in [0.5, 0.6) is 0 Å². The van der Waals surface area contributed by atoms with Crippen molar-refractivity contribution in [2.45, 2.75) is 39.8 Å². The van der Waals surface area contributed by atoms with Gasteiger partial charge >= 0.3 is 0 Å². The highest BCUT2D eigenvalue weighted by Gasteiger charge is 2.24. The largest absolute Gasteiger partial charge is 0.338 e. The summed E-state index contributed by atoms with van der Waals surface area (Å²) >= 11 is 0. The second kappa shape index (κ2) is 7.89. The zero-order chi connectivity index (χ0) is 12.9. The van der Waals surface area contributed by atoms with Crippen molar-refractivity contribution in [3.63, 3.8) is 0 Å². The van der Waals surface area contributed by atoms with Gasteiger partial charge in [-0.1, -0.05) is 6.92 Å². The topological polar surface area (TPSA) is 80.5 Å². The third-order valence-corrected chi connectivity index (χ3v) is 4.35. The van der Waals surface area contributed by atoms with E-state index in [1.54, 1.807) is 20.8 Å². The van der Waals surface area contributed by atoms with Gasteiger partial charge in [0.15, 0.2) is 9.84 Å². The van der Waals surface area contributed by atoms with Crippen LogP contribution >= 0.6 is 12.4 Å². The van der Waals surface area contributed by atoms with Crippen molar-refractivity contribution in [1.29, 1.82) is 0 Å². The summed E-state index contributed by atoms with van der Waals surface area (Å²) in [6, 6.07) is -0.916. The minimum absolute atomic E-state index is 0. The van der Waals surface area contributed by atoms with Crippen LogP contribution in [0, 0.1) is 0 Å². The van der Waals surface area contributed by atoms with Crippen LogP contribution in [0.1, 0.15) is 27.7 Å². The van der Waals surface area contributed by atoms with E-state index in [9.17, 15) is 13.2 Å². The highest BCUT2D eigenvalue weighted by molar-refractivity contribution is 7.91. The smallest absolute Gasteiger partial charge is 0.239 e. The molecule has 0 rings (SSSR count). The molecule has 2 atom stereocenters. The molecule has 0 aromatic rings. The first-order valence-corrected chi connectivity index (χ1v) is 7.33. The molecule has 17 heavy (non-hydrogen) atoms. The highest BCUT2D eigenvalue weighted by atomic mass is 35.5. The average Bonchev–Trinajstić information content (AvgIpc) is 2.17. The Balaban J connectivity index is 0. The van der Waals surface area contributed by atoms with E-state index >= 15 is 0 Å². The lowest BCUT2D eigenvalue weighted by molar-refractivity contribution is -0.133. The third-order valence-electron chi connectivity index (χ3n) is 2.48. The van der Waals surface area contributed by atoms with Gasteiger partial charge in [-0.15, -0.1) is 12.4 Å². The first kappa shape index (κ1) is 19.0. The summed E-state index contributed by atoms with van der Waals surface area (Å²) < 4.78 is 22.9. The molecule has 0 fully saturated rings. The Bertz CT molecular complexity index is 330. The molecule has 0 radical (unpaired) electrons. The van der Waals surface area contributed by atoms with Gasteiger partial charge in [0, 0.05) is 18.3 Å². The van der Waals surface area contributed by atoms with Crippen molar-refractivity contribution < 1.29 is 13.2 Å². The van der Waals surface area contributed by atoms with Crippen molar-refractivity contribution >= 4 is 28.2 Å². The molecule has 0 aliphatic carbocycles. The minimum Gasteiger partial charge on any atom is -0.338 e. The maximum Gasteiger partial charge on any atom is 0.239 e. The number of halogens is 1. The second-order valence-corrected chi connectivity index (χ2v) is 6.36. The van der Waals surface area contributed by atoms with Crippen LogP contribution in [0.3, 0.4) is 0 Å². The molecule has 0 bridgehead atoms. The fourth-order valence-electron chi connectivity index (χ4n) is 1.52. The number of nitrogens with two attached hydrogens (primary N) is 1. The minimum atomic E-state index is -3.07. The summed E-state index contributed by atoms with van der Waals surface area (Å²) in [5.74, 6) is -0.113. The van der Waals surface area contributed by atoms with Gasteiger partial charge in [-0.05, 0) is 20.8 Å². The van der Waals surface area contributed by atoms with Gasteiger partial charge in [0.05, 0.1) is 11.8 Å². The maximum absolute atomic E-state index is 11.7. The first-order chi connectivity index (χ1) is 7.25. The van der Waals surface area contributed by atoms with Gasteiger partial charge in [-0.3, -0.25) is 4.79 Å². The van der Waals surface area contributed by atoms with Crippen LogP contribution in [0.15, 0.2) is 0 Å². The number of likely N-dealkylation sites (N-methyl/N-ethyl adjacent to an activating group) is 1. The van der Waals surface area contributed by atoms with Crippen LogP contribution in [-0.2, 0) is 14.6 Å². The molecule has 5 nitrogen and oxygen atoms in total. The summed E-state index contributed by atoms with van der Waals surface area (Å²) in [5, 5.41) is 0. The van der Waals surface area contributed by atoms with Crippen molar-refractivity contribution in [3.8, 4) is 0 Å². The Kier molecular flexibility index (Phi) is 8.83. The standard InChI is InChI=1S/C10H22N2O3S.ClH/c1-5-12(10(13)9(4)11)8(3)7-16(14,15)6-2;/h8-9H,5-7,11H2,1-4H3;1H/t8?,9-;/m0./s1. The molecule has 7 heteroatoms. The Morgan fingerprint density at radius 3 is 2.06 bits per heavy atom. The molecule has 104 valence electrons. The molecular weight excluding hydrogens is 264 g/mol. The van der Waals surface area contributed by atoms with Crippen LogP contribution in [-0.4, -0.2) is 49.4 Å². The molecule has 1 amide bonds. The number of carbonyl (C=O) groups excluding carboxylic acids is 1. The molecule has 0 aliphatic rings. The average molecular weight is 287 g/mol. The summed E-state index contributed by atoms with van der Waals surface area (Å²) in [6.07, 6.45) is 0. The summed E-state index contributed by atoms with van der Waals surface area (Å²) in [6.45, 7) is 7.23. The lowest BCUT2D eigenvalue weighted by Crippen LogP contribution is -2.48. The lowest BCUT2D eigenvalue weighted by atomic mass is 10.2. The predicted octanol–water partition coefficient (Wildman–Crippen LogP) is 0.427. The molecule has 0 aliphatic heterocycles. The molecule has 0 saturated carbocycles. The van der Waals surface area contributed by atoms with Crippen molar-refractivity contribution in [3.05, 3.63) is 0 Å². The molecule has 2 N–H and O–H groups in total. The number of hydrogen-bond acceptors (Lipinski definition) is 4. The van der Waals surface area contributed by atoms with E-state index in [2.05, 4.69) is 0 Å². The second-order valence-electron chi connectivity index (χ2n) is 3.96. The van der Waals surface area contributed by atoms with E-state index < -0.39 is 15.9 Å². The van der Waals surface area contributed by atoms with E-state index in [1.807, 2.05) is 6.92 Å². The van der Waals surface area contributed by atoms with Gasteiger partial charge < -0.3 is 10.6 Å². The molecule has 0 heterocycles. The number of carbonyl (C=O) groups is 1. The van der Waals surface area contributed by atoms with E-state index in [1.165, 1.54) is 4.90 Å². The van der Waals surface area contributed by atoms with Crippen LogP contribution < -0.4 is 5.73 Å². The van der Waals surface area contributed by atoms with Crippen molar-refractivity contribution in [2.75, 3.05) is 18.1 Å². The van der Waals surface area contributed by atoms with Gasteiger partial charge in [0.1, 0.15) is 0 Å². The number of sulfone groups is 1. The molecular formula is C10H23ClN2O3S. The van der Waals surface area contributed by atoms with Crippen molar-refractivity contribution in [2.24, 2.45) is 5.73 Å². The van der Waals surface area contributed by atoms with Gasteiger partial charge in [-0.2, -0.15) is 0 Å².